The highest BCUT2D eigenvalue weighted by Crippen LogP contribution is 2.17. The molecule has 5 heteroatoms. The molecule has 1 aromatic rings. The van der Waals surface area contributed by atoms with Gasteiger partial charge in [0.15, 0.2) is 11.6 Å². The minimum atomic E-state index is -1.11. The Morgan fingerprint density at radius 1 is 1.47 bits per heavy atom. The molecule has 0 atom stereocenters. The van der Waals surface area contributed by atoms with Gasteiger partial charge in [-0.2, -0.15) is 0 Å². The first-order chi connectivity index (χ1) is 7.09. The van der Waals surface area contributed by atoms with Crippen LogP contribution in [0.2, 0.25) is 0 Å². The third-order valence-electron chi connectivity index (χ3n) is 1.49. The summed E-state index contributed by atoms with van der Waals surface area (Å²) in [6.45, 7) is -0.0884. The monoisotopic (exact) mass is 214 g/mol. The van der Waals surface area contributed by atoms with Crippen molar-refractivity contribution in [3.05, 3.63) is 42.0 Å². The van der Waals surface area contributed by atoms with E-state index in [2.05, 4.69) is 0 Å². The first kappa shape index (κ1) is 11.2. The standard InChI is InChI=1S/C10H8F2O3/c11-7-3-4-9(8(12)6-7)15-5-1-2-10(13)14/h1-4,6H,5H2,(H,13,14). The molecule has 0 radical (unpaired) electrons. The van der Waals surface area contributed by atoms with E-state index in [1.165, 1.54) is 6.08 Å². The maximum Gasteiger partial charge on any atom is 0.328 e. The average Bonchev–Trinajstić information content (AvgIpc) is 2.14. The van der Waals surface area contributed by atoms with E-state index in [-0.39, 0.29) is 12.4 Å². The Morgan fingerprint density at radius 2 is 2.20 bits per heavy atom. The average molecular weight is 214 g/mol. The predicted octanol–water partition coefficient (Wildman–Crippen LogP) is 1.98. The van der Waals surface area contributed by atoms with Crippen molar-refractivity contribution >= 4 is 5.97 Å². The molecular weight excluding hydrogens is 206 g/mol. The summed E-state index contributed by atoms with van der Waals surface area (Å²) >= 11 is 0. The molecule has 15 heavy (non-hydrogen) atoms. The van der Waals surface area contributed by atoms with Gasteiger partial charge in [0.2, 0.25) is 0 Å². The molecule has 1 N–H and O–H groups in total. The summed E-state index contributed by atoms with van der Waals surface area (Å²) in [5, 5.41) is 8.24. The van der Waals surface area contributed by atoms with Crippen LogP contribution in [-0.4, -0.2) is 17.7 Å². The molecule has 0 bridgehead atoms. The van der Waals surface area contributed by atoms with Crippen molar-refractivity contribution in [1.82, 2.24) is 0 Å². The van der Waals surface area contributed by atoms with Gasteiger partial charge in [0.05, 0.1) is 0 Å². The van der Waals surface area contributed by atoms with E-state index in [9.17, 15) is 13.6 Å². The highest BCUT2D eigenvalue weighted by atomic mass is 19.1. The van der Waals surface area contributed by atoms with Crippen LogP contribution in [0.15, 0.2) is 30.4 Å². The Hall–Kier alpha value is -1.91. The Balaban J connectivity index is 2.54. The Kier molecular flexibility index (Phi) is 3.79. The summed E-state index contributed by atoms with van der Waals surface area (Å²) in [6.07, 6.45) is 2.09. The van der Waals surface area contributed by atoms with Crippen LogP contribution in [0.1, 0.15) is 0 Å². The maximum atomic E-state index is 12.9. The number of aliphatic carboxylic acids is 1. The SMILES string of the molecule is O=C(O)C=CCOc1ccc(F)cc1F. The van der Waals surface area contributed by atoms with E-state index in [4.69, 9.17) is 9.84 Å². The number of rotatable bonds is 4. The summed E-state index contributed by atoms with van der Waals surface area (Å²) in [5.74, 6) is -2.75. The second-order valence-electron chi connectivity index (χ2n) is 2.63. The van der Waals surface area contributed by atoms with E-state index in [1.54, 1.807) is 0 Å². The molecule has 0 aliphatic heterocycles. The van der Waals surface area contributed by atoms with Gasteiger partial charge in [-0.25, -0.2) is 13.6 Å². The molecule has 0 saturated heterocycles. The lowest BCUT2D eigenvalue weighted by Gasteiger charge is -2.03. The first-order valence-corrected chi connectivity index (χ1v) is 4.07. The number of benzene rings is 1. The molecule has 0 aromatic heterocycles. The molecule has 0 aliphatic carbocycles. The Bertz CT molecular complexity index is 388. The summed E-state index contributed by atoms with van der Waals surface area (Å²) in [6, 6.07) is 2.88. The van der Waals surface area contributed by atoms with E-state index in [1.807, 2.05) is 0 Å². The van der Waals surface area contributed by atoms with Crippen molar-refractivity contribution in [3.63, 3.8) is 0 Å². The van der Waals surface area contributed by atoms with Crippen molar-refractivity contribution in [2.75, 3.05) is 6.61 Å². The van der Waals surface area contributed by atoms with Gasteiger partial charge in [-0.05, 0) is 18.2 Å². The number of ether oxygens (including phenoxy) is 1. The van der Waals surface area contributed by atoms with Crippen molar-refractivity contribution in [3.8, 4) is 5.75 Å². The second kappa shape index (κ2) is 5.09. The molecule has 1 aromatic carbocycles. The van der Waals surface area contributed by atoms with Crippen LogP contribution >= 0.6 is 0 Å². The molecular formula is C10H8F2O3. The zero-order chi connectivity index (χ0) is 11.3. The zero-order valence-corrected chi connectivity index (χ0v) is 7.61. The van der Waals surface area contributed by atoms with Crippen molar-refractivity contribution in [2.45, 2.75) is 0 Å². The van der Waals surface area contributed by atoms with Crippen LogP contribution in [0.5, 0.6) is 5.75 Å². The van der Waals surface area contributed by atoms with Crippen molar-refractivity contribution < 1.29 is 23.4 Å². The van der Waals surface area contributed by atoms with Crippen LogP contribution in [0.3, 0.4) is 0 Å². The summed E-state index contributed by atoms with van der Waals surface area (Å²) in [7, 11) is 0. The predicted molar refractivity (Wildman–Crippen MR) is 48.6 cm³/mol. The van der Waals surface area contributed by atoms with Crippen LogP contribution in [0, 0.1) is 11.6 Å². The van der Waals surface area contributed by atoms with Gasteiger partial charge in [0.1, 0.15) is 12.4 Å². The topological polar surface area (TPSA) is 46.5 Å². The van der Waals surface area contributed by atoms with Gasteiger partial charge in [-0.3, -0.25) is 0 Å². The molecule has 0 aliphatic rings. The van der Waals surface area contributed by atoms with E-state index < -0.39 is 17.6 Å². The number of carbonyl (C=O) groups is 1. The third kappa shape index (κ3) is 3.76. The lowest BCUT2D eigenvalue weighted by Crippen LogP contribution is -1.97. The number of halogens is 2. The van der Waals surface area contributed by atoms with Crippen molar-refractivity contribution in [1.29, 1.82) is 0 Å². The zero-order valence-electron chi connectivity index (χ0n) is 7.61. The number of hydrogen-bond donors (Lipinski definition) is 1. The smallest absolute Gasteiger partial charge is 0.328 e. The quantitative estimate of drug-likeness (QED) is 0.779. The van der Waals surface area contributed by atoms with Gasteiger partial charge in [-0.15, -0.1) is 0 Å². The van der Waals surface area contributed by atoms with Crippen LogP contribution in [0.4, 0.5) is 8.78 Å². The summed E-state index contributed by atoms with van der Waals surface area (Å²) in [5.41, 5.74) is 0. The molecule has 0 fully saturated rings. The lowest BCUT2D eigenvalue weighted by molar-refractivity contribution is -0.131. The number of hydrogen-bond acceptors (Lipinski definition) is 2. The fraction of sp³-hybridized carbons (Fsp3) is 0.100. The number of carboxylic acids is 1. The maximum absolute atomic E-state index is 12.9. The van der Waals surface area contributed by atoms with Gasteiger partial charge in [-0.1, -0.05) is 0 Å². The normalized spacial score (nSPS) is 10.5. The van der Waals surface area contributed by atoms with Gasteiger partial charge in [0, 0.05) is 12.1 Å². The molecule has 0 saturated carbocycles. The third-order valence-corrected chi connectivity index (χ3v) is 1.49. The van der Waals surface area contributed by atoms with Crippen LogP contribution in [-0.2, 0) is 4.79 Å². The molecule has 80 valence electrons. The Morgan fingerprint density at radius 3 is 2.80 bits per heavy atom. The van der Waals surface area contributed by atoms with Gasteiger partial charge < -0.3 is 9.84 Å². The molecule has 3 nitrogen and oxygen atoms in total. The molecule has 0 heterocycles. The molecule has 1 rings (SSSR count). The molecule has 0 amide bonds. The van der Waals surface area contributed by atoms with E-state index in [0.29, 0.717) is 6.07 Å². The number of carboxylic acid groups (broad SMARTS) is 1. The Labute approximate surface area is 84.6 Å². The van der Waals surface area contributed by atoms with Crippen LogP contribution < -0.4 is 4.74 Å². The van der Waals surface area contributed by atoms with Gasteiger partial charge >= 0.3 is 5.97 Å². The summed E-state index contributed by atoms with van der Waals surface area (Å²) < 4.78 is 30.2. The molecule has 0 unspecified atom stereocenters. The largest absolute Gasteiger partial charge is 0.486 e. The van der Waals surface area contributed by atoms with Crippen LogP contribution in [0.25, 0.3) is 0 Å². The van der Waals surface area contributed by atoms with Gasteiger partial charge in [0.25, 0.3) is 0 Å². The highest BCUT2D eigenvalue weighted by molar-refractivity contribution is 5.79. The van der Waals surface area contributed by atoms with E-state index >= 15 is 0 Å². The first-order valence-electron chi connectivity index (χ1n) is 4.07. The fourth-order valence-electron chi connectivity index (χ4n) is 0.879. The minimum Gasteiger partial charge on any atom is -0.486 e. The van der Waals surface area contributed by atoms with Crippen molar-refractivity contribution in [2.24, 2.45) is 0 Å². The minimum absolute atomic E-state index is 0.0884. The lowest BCUT2D eigenvalue weighted by atomic mass is 10.3. The second-order valence-corrected chi connectivity index (χ2v) is 2.63. The fourth-order valence-corrected chi connectivity index (χ4v) is 0.879. The molecule has 0 spiro atoms. The summed E-state index contributed by atoms with van der Waals surface area (Å²) in [4.78, 5) is 10.1. The van der Waals surface area contributed by atoms with E-state index in [0.717, 1.165) is 18.2 Å². The highest BCUT2D eigenvalue weighted by Gasteiger charge is 2.03.